The molecule has 2 aromatic rings. The fourth-order valence-electron chi connectivity index (χ4n) is 2.01. The van der Waals surface area contributed by atoms with Crippen molar-refractivity contribution in [1.82, 2.24) is 4.57 Å². The number of rotatable bonds is 4. The van der Waals surface area contributed by atoms with Gasteiger partial charge in [-0.3, -0.25) is 9.59 Å². The van der Waals surface area contributed by atoms with Gasteiger partial charge in [0.1, 0.15) is 17.7 Å². The minimum absolute atomic E-state index is 0.373. The molecule has 7 heteroatoms. The standard InChI is InChI=1S/C16H17NO6/c1-16(2,3)23-13(18)8-17-7-11(10-4-5-22-9-10)6-12(14(17)19)15(20)21/h4-7,9H,8H2,1-3H3,(H,20,21). The lowest BCUT2D eigenvalue weighted by atomic mass is 10.1. The fraction of sp³-hybridized carbons (Fsp3) is 0.312. The third kappa shape index (κ3) is 4.09. The molecule has 0 aliphatic rings. The highest BCUT2D eigenvalue weighted by atomic mass is 16.6. The van der Waals surface area contributed by atoms with Crippen LogP contribution in [0, 0.1) is 0 Å². The summed E-state index contributed by atoms with van der Waals surface area (Å²) >= 11 is 0. The van der Waals surface area contributed by atoms with E-state index in [-0.39, 0.29) is 6.54 Å². The number of aromatic nitrogens is 1. The van der Waals surface area contributed by atoms with Crippen LogP contribution in [0.2, 0.25) is 0 Å². The van der Waals surface area contributed by atoms with Crippen molar-refractivity contribution < 1.29 is 23.8 Å². The first-order valence-corrected chi connectivity index (χ1v) is 6.89. The summed E-state index contributed by atoms with van der Waals surface area (Å²) in [6, 6.07) is 2.88. The third-order valence-electron chi connectivity index (χ3n) is 2.89. The molecule has 7 nitrogen and oxygen atoms in total. The van der Waals surface area contributed by atoms with Gasteiger partial charge in [-0.1, -0.05) is 0 Å². The lowest BCUT2D eigenvalue weighted by molar-refractivity contribution is -0.155. The molecule has 122 valence electrons. The second-order valence-corrected chi connectivity index (χ2v) is 5.98. The first-order chi connectivity index (χ1) is 10.7. The smallest absolute Gasteiger partial charge is 0.341 e. The van der Waals surface area contributed by atoms with Crippen LogP contribution in [0.4, 0.5) is 0 Å². The zero-order chi connectivity index (χ0) is 17.2. The van der Waals surface area contributed by atoms with Crippen molar-refractivity contribution in [3.8, 4) is 11.1 Å². The highest BCUT2D eigenvalue weighted by Crippen LogP contribution is 2.19. The molecule has 0 amide bonds. The number of carboxylic acids is 1. The van der Waals surface area contributed by atoms with Gasteiger partial charge in [-0.15, -0.1) is 0 Å². The van der Waals surface area contributed by atoms with E-state index in [0.717, 1.165) is 4.57 Å². The number of furan rings is 1. The van der Waals surface area contributed by atoms with Gasteiger partial charge in [0.2, 0.25) is 0 Å². The molecule has 0 aliphatic carbocycles. The Morgan fingerprint density at radius 1 is 1.30 bits per heavy atom. The number of carboxylic acid groups (broad SMARTS) is 1. The van der Waals surface area contributed by atoms with E-state index in [1.807, 2.05) is 0 Å². The second-order valence-electron chi connectivity index (χ2n) is 5.98. The molecule has 0 aromatic carbocycles. The zero-order valence-corrected chi connectivity index (χ0v) is 13.0. The maximum atomic E-state index is 12.2. The normalized spacial score (nSPS) is 11.3. The number of hydrogen-bond acceptors (Lipinski definition) is 5. The van der Waals surface area contributed by atoms with Crippen LogP contribution >= 0.6 is 0 Å². The lowest BCUT2D eigenvalue weighted by Crippen LogP contribution is -2.32. The van der Waals surface area contributed by atoms with Crippen molar-refractivity contribution in [3.05, 3.63) is 46.8 Å². The molecule has 0 aliphatic heterocycles. The van der Waals surface area contributed by atoms with Gasteiger partial charge in [-0.05, 0) is 32.9 Å². The van der Waals surface area contributed by atoms with Crippen LogP contribution < -0.4 is 5.56 Å². The predicted octanol–water partition coefficient (Wildman–Crippen LogP) is 2.15. The molecule has 0 atom stereocenters. The maximum Gasteiger partial charge on any atom is 0.341 e. The van der Waals surface area contributed by atoms with E-state index in [4.69, 9.17) is 9.15 Å². The number of carbonyl (C=O) groups excluding carboxylic acids is 1. The summed E-state index contributed by atoms with van der Waals surface area (Å²) in [5.74, 6) is -1.99. The minimum atomic E-state index is -1.36. The second kappa shape index (κ2) is 6.12. The predicted molar refractivity (Wildman–Crippen MR) is 81.2 cm³/mol. The third-order valence-corrected chi connectivity index (χ3v) is 2.89. The van der Waals surface area contributed by atoms with Crippen LogP contribution in [0.25, 0.3) is 11.1 Å². The van der Waals surface area contributed by atoms with Crippen molar-refractivity contribution in [2.45, 2.75) is 32.9 Å². The molecule has 0 saturated carbocycles. The summed E-state index contributed by atoms with van der Waals surface area (Å²) in [5, 5.41) is 9.18. The molecular weight excluding hydrogens is 302 g/mol. The van der Waals surface area contributed by atoms with Crippen molar-refractivity contribution in [2.75, 3.05) is 0 Å². The molecule has 23 heavy (non-hydrogen) atoms. The Bertz CT molecular complexity index is 780. The van der Waals surface area contributed by atoms with Gasteiger partial charge >= 0.3 is 11.9 Å². The molecule has 2 aromatic heterocycles. The molecule has 1 N–H and O–H groups in total. The molecule has 2 rings (SSSR count). The van der Waals surface area contributed by atoms with Gasteiger partial charge in [-0.25, -0.2) is 4.79 Å². The lowest BCUT2D eigenvalue weighted by Gasteiger charge is -2.20. The van der Waals surface area contributed by atoms with Crippen LogP contribution in [0.1, 0.15) is 31.1 Å². The average molecular weight is 319 g/mol. The van der Waals surface area contributed by atoms with Gasteiger partial charge in [0, 0.05) is 17.3 Å². The molecule has 0 radical (unpaired) electrons. The number of esters is 1. The van der Waals surface area contributed by atoms with Crippen LogP contribution in [-0.4, -0.2) is 27.2 Å². The first-order valence-electron chi connectivity index (χ1n) is 6.89. The molecule has 2 heterocycles. The molecular formula is C16H17NO6. The SMILES string of the molecule is CC(C)(C)OC(=O)Cn1cc(-c2ccoc2)cc(C(=O)O)c1=O. The summed E-state index contributed by atoms with van der Waals surface area (Å²) in [4.78, 5) is 35.4. The Labute approximate surface area is 132 Å². The van der Waals surface area contributed by atoms with Gasteiger partial charge in [0.15, 0.2) is 0 Å². The van der Waals surface area contributed by atoms with Gasteiger partial charge in [-0.2, -0.15) is 0 Å². The van der Waals surface area contributed by atoms with Crippen molar-refractivity contribution in [2.24, 2.45) is 0 Å². The van der Waals surface area contributed by atoms with E-state index >= 15 is 0 Å². The van der Waals surface area contributed by atoms with Crippen LogP contribution in [-0.2, 0) is 16.1 Å². The number of pyridine rings is 1. The van der Waals surface area contributed by atoms with E-state index in [1.165, 1.54) is 24.8 Å². The number of hydrogen-bond donors (Lipinski definition) is 1. The Kier molecular flexibility index (Phi) is 4.40. The maximum absolute atomic E-state index is 12.2. The Hall–Kier alpha value is -2.83. The van der Waals surface area contributed by atoms with Crippen molar-refractivity contribution >= 4 is 11.9 Å². The van der Waals surface area contributed by atoms with Crippen molar-refractivity contribution in [1.29, 1.82) is 0 Å². The zero-order valence-electron chi connectivity index (χ0n) is 13.0. The van der Waals surface area contributed by atoms with E-state index in [9.17, 15) is 19.5 Å². The van der Waals surface area contributed by atoms with Crippen LogP contribution in [0.3, 0.4) is 0 Å². The summed E-state index contributed by atoms with van der Waals surface area (Å²) in [5.41, 5.74) is -0.828. The number of ether oxygens (including phenoxy) is 1. The summed E-state index contributed by atoms with van der Waals surface area (Å²) < 4.78 is 11.2. The minimum Gasteiger partial charge on any atom is -0.477 e. The van der Waals surface area contributed by atoms with Gasteiger partial charge in [0.05, 0.1) is 12.5 Å². The Balaban J connectivity index is 2.44. The summed E-state index contributed by atoms with van der Waals surface area (Å²) in [6.07, 6.45) is 4.26. The Morgan fingerprint density at radius 3 is 2.52 bits per heavy atom. The largest absolute Gasteiger partial charge is 0.477 e. The van der Waals surface area contributed by atoms with Crippen LogP contribution in [0.15, 0.2) is 40.1 Å². The summed E-state index contributed by atoms with van der Waals surface area (Å²) in [6.45, 7) is 4.75. The summed E-state index contributed by atoms with van der Waals surface area (Å²) in [7, 11) is 0. The monoisotopic (exact) mass is 319 g/mol. The molecule has 0 spiro atoms. The Morgan fingerprint density at radius 2 is 2.00 bits per heavy atom. The number of nitrogens with zero attached hydrogens (tertiary/aromatic N) is 1. The van der Waals surface area contributed by atoms with E-state index < -0.39 is 28.7 Å². The molecule has 0 unspecified atom stereocenters. The van der Waals surface area contributed by atoms with Gasteiger partial charge < -0.3 is 18.8 Å². The average Bonchev–Trinajstić information content (AvgIpc) is 2.92. The van der Waals surface area contributed by atoms with E-state index in [0.29, 0.717) is 11.1 Å². The van der Waals surface area contributed by atoms with E-state index in [2.05, 4.69) is 0 Å². The van der Waals surface area contributed by atoms with Crippen molar-refractivity contribution in [3.63, 3.8) is 0 Å². The van der Waals surface area contributed by atoms with E-state index in [1.54, 1.807) is 26.8 Å². The van der Waals surface area contributed by atoms with Crippen LogP contribution in [0.5, 0.6) is 0 Å². The quantitative estimate of drug-likeness (QED) is 0.867. The fourth-order valence-corrected chi connectivity index (χ4v) is 2.01. The first kappa shape index (κ1) is 16.5. The topological polar surface area (TPSA) is 98.7 Å². The highest BCUT2D eigenvalue weighted by Gasteiger charge is 2.20. The van der Waals surface area contributed by atoms with Gasteiger partial charge in [0.25, 0.3) is 5.56 Å². The number of carbonyl (C=O) groups is 2. The number of aromatic carboxylic acids is 1. The highest BCUT2D eigenvalue weighted by molar-refractivity contribution is 5.89. The molecule has 0 fully saturated rings. The molecule has 0 bridgehead atoms. The molecule has 0 saturated heterocycles.